The second-order valence-electron chi connectivity index (χ2n) is 5.73. The first kappa shape index (κ1) is 16.5. The molecule has 2 aromatic carbocycles. The normalized spacial score (nSPS) is 10.7. The molecule has 0 spiro atoms. The van der Waals surface area contributed by atoms with E-state index in [4.69, 9.17) is 4.74 Å². The molecule has 1 amide bonds. The molecule has 0 aliphatic heterocycles. The molecule has 8 nitrogen and oxygen atoms in total. The maximum absolute atomic E-state index is 12.7. The Morgan fingerprint density at radius 3 is 2.89 bits per heavy atom. The Morgan fingerprint density at radius 2 is 2.04 bits per heavy atom. The molecular weight excluding hydrogens is 346 g/mol. The molecule has 2 heterocycles. The highest BCUT2D eigenvalue weighted by atomic mass is 16.5. The quantitative estimate of drug-likeness (QED) is 0.581. The van der Waals surface area contributed by atoms with Crippen molar-refractivity contribution in [1.82, 2.24) is 19.7 Å². The molecule has 27 heavy (non-hydrogen) atoms. The molecular formula is C19H15N5O3. The molecule has 0 saturated heterocycles. The molecule has 4 aromatic rings. The summed E-state index contributed by atoms with van der Waals surface area (Å²) in [5.41, 5.74) is 1.73. The zero-order valence-electron chi connectivity index (χ0n) is 14.3. The van der Waals surface area contributed by atoms with E-state index in [0.29, 0.717) is 33.7 Å². The monoisotopic (exact) mass is 361 g/mol. The number of methoxy groups -OCH3 is 1. The summed E-state index contributed by atoms with van der Waals surface area (Å²) < 4.78 is 6.68. The lowest BCUT2D eigenvalue weighted by atomic mass is 10.2. The fraction of sp³-hybridized carbons (Fsp3) is 0.0526. The predicted octanol–water partition coefficient (Wildman–Crippen LogP) is 2.37. The number of amides is 1. The number of rotatable bonds is 4. The number of nitrogens with one attached hydrogen (secondary N) is 2. The number of benzene rings is 2. The van der Waals surface area contributed by atoms with Gasteiger partial charge in [-0.2, -0.15) is 5.10 Å². The number of nitrogens with zero attached hydrogens (tertiary/aromatic N) is 3. The Hall–Kier alpha value is -3.94. The van der Waals surface area contributed by atoms with E-state index >= 15 is 0 Å². The molecule has 134 valence electrons. The molecule has 0 radical (unpaired) electrons. The molecule has 4 rings (SSSR count). The van der Waals surface area contributed by atoms with E-state index in [0.717, 1.165) is 0 Å². The van der Waals surface area contributed by atoms with E-state index in [2.05, 4.69) is 20.4 Å². The largest absolute Gasteiger partial charge is 0.497 e. The number of aromatic amines is 1. The standard InChI is InChI=1S/C19H15N5O3/c1-27-13-6-4-5-12(9-13)18(25)23-15-7-2-3-8-16(15)24-17-14(10-22-24)19(26)21-11-20-17/h2-11H,1H3,(H,23,25)(H,20,21,26). The number of anilines is 1. The summed E-state index contributed by atoms with van der Waals surface area (Å²) in [5.74, 6) is 0.307. The first-order chi connectivity index (χ1) is 13.2. The van der Waals surface area contributed by atoms with Crippen LogP contribution >= 0.6 is 0 Å². The lowest BCUT2D eigenvalue weighted by Gasteiger charge is -2.12. The van der Waals surface area contributed by atoms with E-state index in [9.17, 15) is 9.59 Å². The maximum atomic E-state index is 12.7. The number of fused-ring (bicyclic) bond motifs is 1. The van der Waals surface area contributed by atoms with E-state index in [-0.39, 0.29) is 11.5 Å². The Labute approximate surface area is 153 Å². The minimum Gasteiger partial charge on any atom is -0.497 e. The van der Waals surface area contributed by atoms with Gasteiger partial charge in [0.25, 0.3) is 11.5 Å². The van der Waals surface area contributed by atoms with E-state index in [1.54, 1.807) is 49.6 Å². The van der Waals surface area contributed by atoms with E-state index in [1.165, 1.54) is 17.2 Å². The summed E-state index contributed by atoms with van der Waals surface area (Å²) in [4.78, 5) is 31.3. The number of carbonyl (C=O) groups excluding carboxylic acids is 1. The van der Waals surface area contributed by atoms with Crippen LogP contribution in [0.3, 0.4) is 0 Å². The third-order valence-electron chi connectivity index (χ3n) is 4.08. The molecule has 0 atom stereocenters. The Morgan fingerprint density at radius 1 is 1.19 bits per heavy atom. The third kappa shape index (κ3) is 3.04. The first-order valence-electron chi connectivity index (χ1n) is 8.13. The molecule has 0 bridgehead atoms. The fourth-order valence-electron chi connectivity index (χ4n) is 2.76. The number of para-hydroxylation sites is 2. The van der Waals surface area contributed by atoms with Crippen LogP contribution in [0.4, 0.5) is 5.69 Å². The molecule has 0 aliphatic carbocycles. The van der Waals surface area contributed by atoms with Crippen LogP contribution in [0.5, 0.6) is 5.75 Å². The summed E-state index contributed by atoms with van der Waals surface area (Å²) >= 11 is 0. The van der Waals surface area contributed by atoms with Gasteiger partial charge in [0.2, 0.25) is 0 Å². The zero-order valence-corrected chi connectivity index (χ0v) is 14.3. The lowest BCUT2D eigenvalue weighted by Crippen LogP contribution is -2.14. The summed E-state index contributed by atoms with van der Waals surface area (Å²) in [6.45, 7) is 0. The van der Waals surface area contributed by atoms with Crippen molar-refractivity contribution in [3.8, 4) is 11.4 Å². The summed E-state index contributed by atoms with van der Waals surface area (Å²) in [6.07, 6.45) is 2.77. The van der Waals surface area contributed by atoms with Crippen LogP contribution in [0.25, 0.3) is 16.7 Å². The minimum absolute atomic E-state index is 0.274. The van der Waals surface area contributed by atoms with Crippen LogP contribution in [0.1, 0.15) is 10.4 Å². The molecule has 0 fully saturated rings. The fourth-order valence-corrected chi connectivity index (χ4v) is 2.76. The zero-order chi connectivity index (χ0) is 18.8. The summed E-state index contributed by atoms with van der Waals surface area (Å²) in [7, 11) is 1.55. The van der Waals surface area contributed by atoms with Crippen molar-refractivity contribution in [3.63, 3.8) is 0 Å². The van der Waals surface area contributed by atoms with Gasteiger partial charge in [0.1, 0.15) is 11.1 Å². The van der Waals surface area contributed by atoms with Crippen molar-refractivity contribution in [3.05, 3.63) is 77.0 Å². The Kier molecular flexibility index (Phi) is 4.13. The summed E-state index contributed by atoms with van der Waals surface area (Å²) in [5, 5.41) is 7.50. The summed E-state index contributed by atoms with van der Waals surface area (Å²) in [6, 6.07) is 14.0. The van der Waals surface area contributed by atoms with Crippen molar-refractivity contribution in [2.45, 2.75) is 0 Å². The minimum atomic E-state index is -0.288. The van der Waals surface area contributed by atoms with Gasteiger partial charge in [-0.3, -0.25) is 9.59 Å². The SMILES string of the molecule is COc1cccc(C(=O)Nc2ccccc2-n2ncc3c(=O)[nH]cnc32)c1. The molecule has 8 heteroatoms. The second-order valence-corrected chi connectivity index (χ2v) is 5.73. The van der Waals surface area contributed by atoms with Gasteiger partial charge in [-0.1, -0.05) is 18.2 Å². The Balaban J connectivity index is 1.74. The first-order valence-corrected chi connectivity index (χ1v) is 8.13. The van der Waals surface area contributed by atoms with Gasteiger partial charge < -0.3 is 15.0 Å². The average molecular weight is 361 g/mol. The predicted molar refractivity (Wildman–Crippen MR) is 100 cm³/mol. The highest BCUT2D eigenvalue weighted by molar-refractivity contribution is 6.05. The van der Waals surface area contributed by atoms with Gasteiger partial charge in [-0.25, -0.2) is 9.67 Å². The molecule has 2 N–H and O–H groups in total. The highest BCUT2D eigenvalue weighted by Gasteiger charge is 2.14. The number of hydrogen-bond acceptors (Lipinski definition) is 5. The van der Waals surface area contributed by atoms with Gasteiger partial charge in [-0.15, -0.1) is 0 Å². The smallest absolute Gasteiger partial charge is 0.261 e. The number of aromatic nitrogens is 4. The molecule has 2 aromatic heterocycles. The topological polar surface area (TPSA) is 102 Å². The van der Waals surface area contributed by atoms with Gasteiger partial charge >= 0.3 is 0 Å². The van der Waals surface area contributed by atoms with Crippen LogP contribution < -0.4 is 15.6 Å². The second kappa shape index (κ2) is 6.75. The number of ether oxygens (including phenoxy) is 1. The highest BCUT2D eigenvalue weighted by Crippen LogP contribution is 2.23. The molecule has 0 aliphatic rings. The lowest BCUT2D eigenvalue weighted by molar-refractivity contribution is 0.102. The molecule has 0 saturated carbocycles. The van der Waals surface area contributed by atoms with Crippen LogP contribution in [-0.2, 0) is 0 Å². The van der Waals surface area contributed by atoms with Crippen molar-refractivity contribution in [2.24, 2.45) is 0 Å². The Bertz CT molecular complexity index is 1200. The number of hydrogen-bond donors (Lipinski definition) is 2. The van der Waals surface area contributed by atoms with Crippen LogP contribution in [0.15, 0.2) is 65.8 Å². The maximum Gasteiger partial charge on any atom is 0.261 e. The van der Waals surface area contributed by atoms with Crippen LogP contribution in [0, 0.1) is 0 Å². The van der Waals surface area contributed by atoms with Gasteiger partial charge in [0.05, 0.1) is 31.0 Å². The van der Waals surface area contributed by atoms with E-state index < -0.39 is 0 Å². The number of carbonyl (C=O) groups is 1. The van der Waals surface area contributed by atoms with E-state index in [1.807, 2.05) is 6.07 Å². The van der Waals surface area contributed by atoms with Gasteiger partial charge in [0, 0.05) is 5.56 Å². The van der Waals surface area contributed by atoms with Crippen molar-refractivity contribution < 1.29 is 9.53 Å². The van der Waals surface area contributed by atoms with Crippen molar-refractivity contribution in [2.75, 3.05) is 12.4 Å². The number of H-pyrrole nitrogens is 1. The van der Waals surface area contributed by atoms with Crippen LogP contribution in [0.2, 0.25) is 0 Å². The third-order valence-corrected chi connectivity index (χ3v) is 4.08. The van der Waals surface area contributed by atoms with Crippen molar-refractivity contribution >= 4 is 22.6 Å². The van der Waals surface area contributed by atoms with Gasteiger partial charge in [0.15, 0.2) is 5.65 Å². The average Bonchev–Trinajstić information content (AvgIpc) is 3.14. The molecule has 0 unspecified atom stereocenters. The van der Waals surface area contributed by atoms with Crippen molar-refractivity contribution in [1.29, 1.82) is 0 Å². The van der Waals surface area contributed by atoms with Crippen LogP contribution in [-0.4, -0.2) is 32.8 Å². The van der Waals surface area contributed by atoms with Gasteiger partial charge in [-0.05, 0) is 30.3 Å².